The number of benzene rings is 1. The third-order valence-corrected chi connectivity index (χ3v) is 5.27. The summed E-state index contributed by atoms with van der Waals surface area (Å²) in [5.74, 6) is -2.34. The number of piperidine rings is 1. The lowest BCUT2D eigenvalue weighted by Crippen LogP contribution is -2.48. The van der Waals surface area contributed by atoms with Gasteiger partial charge in [-0.15, -0.1) is 0 Å². The number of ether oxygens (including phenoxy) is 1. The van der Waals surface area contributed by atoms with E-state index in [-0.39, 0.29) is 24.7 Å². The Morgan fingerprint density at radius 1 is 1.27 bits per heavy atom. The normalized spacial score (nSPS) is 17.6. The smallest absolute Gasteiger partial charge is 0.407 e. The summed E-state index contributed by atoms with van der Waals surface area (Å²) in [6.45, 7) is 4.11. The summed E-state index contributed by atoms with van der Waals surface area (Å²) in [5, 5.41) is 6.04. The van der Waals surface area contributed by atoms with Gasteiger partial charge in [-0.2, -0.15) is 0 Å². The Morgan fingerprint density at radius 2 is 2.03 bits per heavy atom. The van der Waals surface area contributed by atoms with E-state index in [4.69, 9.17) is 9.15 Å². The fourth-order valence-corrected chi connectivity index (χ4v) is 3.60. The zero-order valence-electron chi connectivity index (χ0n) is 17.1. The third kappa shape index (κ3) is 5.06. The van der Waals surface area contributed by atoms with E-state index in [1.54, 1.807) is 20.1 Å². The summed E-state index contributed by atoms with van der Waals surface area (Å²) in [7, 11) is 0. The van der Waals surface area contributed by atoms with Gasteiger partial charge in [0, 0.05) is 36.3 Å². The molecule has 1 aliphatic rings. The highest BCUT2D eigenvalue weighted by Gasteiger charge is 2.34. The standard InChI is InChI=1S/C22H26N2O6/c1-13(2)19(17(25)11-14-7-9-23-21(27)20(14)26)24-22(28)29-10-8-15-12-30-18-6-4-3-5-16(15)18/h3-6,12-14,19H,7-11H2,1-2H3,(H,23,27)(H,24,28). The SMILES string of the molecule is CC(C)C(NC(=O)OCCc1coc2ccccc12)C(=O)CC1CCNC(=O)C1=O. The van der Waals surface area contributed by atoms with Crippen LogP contribution in [-0.2, 0) is 25.5 Å². The van der Waals surface area contributed by atoms with Gasteiger partial charge in [-0.05, 0) is 18.4 Å². The van der Waals surface area contributed by atoms with Crippen LogP contribution in [0.2, 0.25) is 0 Å². The number of fused-ring (bicyclic) bond motifs is 1. The number of carbonyl (C=O) groups is 4. The molecule has 0 aliphatic carbocycles. The van der Waals surface area contributed by atoms with Crippen LogP contribution in [0.1, 0.15) is 32.3 Å². The highest BCUT2D eigenvalue weighted by Crippen LogP contribution is 2.21. The van der Waals surface area contributed by atoms with E-state index in [0.29, 0.717) is 19.4 Å². The molecule has 1 fully saturated rings. The lowest BCUT2D eigenvalue weighted by Gasteiger charge is -2.25. The molecule has 30 heavy (non-hydrogen) atoms. The highest BCUT2D eigenvalue weighted by molar-refractivity contribution is 6.37. The molecule has 2 amide bonds. The molecule has 1 aromatic carbocycles. The quantitative estimate of drug-likeness (QED) is 0.641. The molecule has 0 saturated carbocycles. The number of para-hydroxylation sites is 1. The molecule has 160 valence electrons. The molecule has 1 saturated heterocycles. The topological polar surface area (TPSA) is 115 Å². The fraction of sp³-hybridized carbons (Fsp3) is 0.455. The van der Waals surface area contributed by atoms with Gasteiger partial charge in [-0.25, -0.2) is 4.79 Å². The van der Waals surface area contributed by atoms with Gasteiger partial charge in [0.1, 0.15) is 5.58 Å². The van der Waals surface area contributed by atoms with Crippen LogP contribution < -0.4 is 10.6 Å². The summed E-state index contributed by atoms with van der Waals surface area (Å²) in [6.07, 6.45) is 1.78. The van der Waals surface area contributed by atoms with Crippen LogP contribution >= 0.6 is 0 Å². The van der Waals surface area contributed by atoms with Gasteiger partial charge >= 0.3 is 6.09 Å². The number of alkyl carbamates (subject to hydrolysis) is 1. The molecule has 8 heteroatoms. The number of furan rings is 1. The van der Waals surface area contributed by atoms with Crippen molar-refractivity contribution in [3.63, 3.8) is 0 Å². The van der Waals surface area contributed by atoms with Crippen LogP contribution in [0.4, 0.5) is 4.79 Å². The van der Waals surface area contributed by atoms with Gasteiger partial charge in [0.15, 0.2) is 5.78 Å². The van der Waals surface area contributed by atoms with Crippen molar-refractivity contribution >= 4 is 34.5 Å². The number of hydrogen-bond acceptors (Lipinski definition) is 6. The van der Waals surface area contributed by atoms with Crippen molar-refractivity contribution in [2.75, 3.05) is 13.2 Å². The van der Waals surface area contributed by atoms with Crippen LogP contribution in [0.15, 0.2) is 34.9 Å². The van der Waals surface area contributed by atoms with Crippen molar-refractivity contribution in [3.05, 3.63) is 36.1 Å². The molecular formula is C22H26N2O6. The molecule has 0 radical (unpaired) electrons. The molecule has 1 aliphatic heterocycles. The molecule has 0 spiro atoms. The van der Waals surface area contributed by atoms with Crippen LogP contribution in [0.5, 0.6) is 0 Å². The van der Waals surface area contributed by atoms with Gasteiger partial charge in [0.05, 0.1) is 18.9 Å². The van der Waals surface area contributed by atoms with Crippen LogP contribution in [0, 0.1) is 11.8 Å². The Kier molecular flexibility index (Phi) is 6.87. The van der Waals surface area contributed by atoms with Crippen molar-refractivity contribution in [1.82, 2.24) is 10.6 Å². The summed E-state index contributed by atoms with van der Waals surface area (Å²) in [6, 6.07) is 6.82. The zero-order valence-corrected chi connectivity index (χ0v) is 17.1. The van der Waals surface area contributed by atoms with E-state index in [1.165, 1.54) is 0 Å². The molecule has 8 nitrogen and oxygen atoms in total. The second kappa shape index (κ2) is 9.56. The monoisotopic (exact) mass is 414 g/mol. The molecule has 2 atom stereocenters. The van der Waals surface area contributed by atoms with Gasteiger partial charge in [0.25, 0.3) is 5.91 Å². The van der Waals surface area contributed by atoms with Gasteiger partial charge in [-0.3, -0.25) is 14.4 Å². The number of ketones is 2. The molecule has 1 aromatic heterocycles. The minimum atomic E-state index is -0.787. The summed E-state index contributed by atoms with van der Waals surface area (Å²) in [5.41, 5.74) is 1.71. The van der Waals surface area contributed by atoms with E-state index in [0.717, 1.165) is 16.5 Å². The minimum absolute atomic E-state index is 0.0730. The van der Waals surface area contributed by atoms with E-state index in [9.17, 15) is 19.2 Å². The van der Waals surface area contributed by atoms with Crippen molar-refractivity contribution < 1.29 is 28.3 Å². The van der Waals surface area contributed by atoms with Crippen molar-refractivity contribution in [3.8, 4) is 0 Å². The van der Waals surface area contributed by atoms with E-state index < -0.39 is 29.7 Å². The van der Waals surface area contributed by atoms with E-state index in [2.05, 4.69) is 10.6 Å². The Morgan fingerprint density at radius 3 is 2.80 bits per heavy atom. The molecule has 3 rings (SSSR count). The number of amides is 2. The first-order valence-electron chi connectivity index (χ1n) is 10.1. The predicted molar refractivity (Wildman–Crippen MR) is 109 cm³/mol. The maximum absolute atomic E-state index is 12.7. The molecule has 2 N–H and O–H groups in total. The number of carbonyl (C=O) groups excluding carboxylic acids is 4. The van der Waals surface area contributed by atoms with E-state index in [1.807, 2.05) is 24.3 Å². The van der Waals surface area contributed by atoms with Gasteiger partial charge in [0.2, 0.25) is 5.78 Å². The molecule has 2 aromatic rings. The van der Waals surface area contributed by atoms with Crippen molar-refractivity contribution in [2.45, 2.75) is 39.2 Å². The first-order valence-corrected chi connectivity index (χ1v) is 10.1. The number of rotatable bonds is 8. The average molecular weight is 414 g/mol. The number of hydrogen-bond donors (Lipinski definition) is 2. The predicted octanol–water partition coefficient (Wildman–Crippen LogP) is 2.39. The third-order valence-electron chi connectivity index (χ3n) is 5.27. The van der Waals surface area contributed by atoms with Crippen LogP contribution in [0.25, 0.3) is 11.0 Å². The number of Topliss-reactive ketones (excluding diaryl/α,β-unsaturated/α-hetero) is 2. The zero-order chi connectivity index (χ0) is 21.7. The largest absolute Gasteiger partial charge is 0.464 e. The van der Waals surface area contributed by atoms with Gasteiger partial charge < -0.3 is 19.8 Å². The molecule has 0 bridgehead atoms. The first kappa shape index (κ1) is 21.5. The minimum Gasteiger partial charge on any atom is -0.464 e. The summed E-state index contributed by atoms with van der Waals surface area (Å²) < 4.78 is 10.7. The van der Waals surface area contributed by atoms with Crippen LogP contribution in [0.3, 0.4) is 0 Å². The summed E-state index contributed by atoms with van der Waals surface area (Å²) in [4.78, 5) is 48.3. The Balaban J connectivity index is 1.51. The highest BCUT2D eigenvalue weighted by atomic mass is 16.5. The molecular weight excluding hydrogens is 388 g/mol. The van der Waals surface area contributed by atoms with E-state index >= 15 is 0 Å². The maximum Gasteiger partial charge on any atom is 0.407 e. The lowest BCUT2D eigenvalue weighted by atomic mass is 9.87. The Labute approximate surface area is 174 Å². The molecule has 2 unspecified atom stereocenters. The van der Waals surface area contributed by atoms with Crippen molar-refractivity contribution in [1.29, 1.82) is 0 Å². The Hall–Kier alpha value is -3.16. The van der Waals surface area contributed by atoms with Gasteiger partial charge in [-0.1, -0.05) is 32.0 Å². The van der Waals surface area contributed by atoms with Crippen molar-refractivity contribution in [2.24, 2.45) is 11.8 Å². The summed E-state index contributed by atoms with van der Waals surface area (Å²) >= 11 is 0. The second-order valence-electron chi connectivity index (χ2n) is 7.79. The lowest BCUT2D eigenvalue weighted by molar-refractivity contribution is -0.143. The Bertz CT molecular complexity index is 948. The number of nitrogens with one attached hydrogen (secondary N) is 2. The maximum atomic E-state index is 12.7. The fourth-order valence-electron chi connectivity index (χ4n) is 3.60. The first-order chi connectivity index (χ1) is 14.4. The second-order valence-corrected chi connectivity index (χ2v) is 7.79. The van der Waals surface area contributed by atoms with Crippen LogP contribution in [-0.4, -0.2) is 42.8 Å². The average Bonchev–Trinajstić information content (AvgIpc) is 3.12. The molecule has 2 heterocycles.